The van der Waals surface area contributed by atoms with Crippen LogP contribution in [-0.2, 0) is 13.0 Å². The van der Waals surface area contributed by atoms with Crippen LogP contribution in [0.1, 0.15) is 24.7 Å². The van der Waals surface area contributed by atoms with Crippen molar-refractivity contribution in [2.75, 3.05) is 13.3 Å². The van der Waals surface area contributed by atoms with E-state index in [1.165, 1.54) is 0 Å². The lowest BCUT2D eigenvalue weighted by Gasteiger charge is -2.32. The Morgan fingerprint density at radius 1 is 1.24 bits per heavy atom. The maximum atomic E-state index is 12.7. The molecule has 0 radical (unpaired) electrons. The highest BCUT2D eigenvalue weighted by molar-refractivity contribution is 5.67. The number of benzene rings is 1. The molecular weight excluding hydrogens is 337 g/mol. The Labute approximate surface area is 142 Å². The molecular formula is C17H17F3N2O3. The van der Waals surface area contributed by atoms with Crippen molar-refractivity contribution in [3.8, 4) is 22.8 Å². The third kappa shape index (κ3) is 3.18. The highest BCUT2D eigenvalue weighted by Gasteiger charge is 2.35. The first kappa shape index (κ1) is 16.3. The average Bonchev–Trinajstić information content (AvgIpc) is 3.18. The molecule has 0 saturated carbocycles. The molecule has 0 spiro atoms. The van der Waals surface area contributed by atoms with Gasteiger partial charge in [0.2, 0.25) is 6.79 Å². The summed E-state index contributed by atoms with van der Waals surface area (Å²) in [6.45, 7) is 2.70. The lowest BCUT2D eigenvalue weighted by molar-refractivity contribution is -0.146. The quantitative estimate of drug-likeness (QED) is 0.840. The Kier molecular flexibility index (Phi) is 3.87. The topological polar surface area (TPSA) is 47.7 Å². The van der Waals surface area contributed by atoms with Crippen molar-refractivity contribution in [1.82, 2.24) is 10.1 Å². The molecule has 5 nitrogen and oxygen atoms in total. The molecule has 2 aliphatic rings. The van der Waals surface area contributed by atoms with Crippen LogP contribution in [0.4, 0.5) is 13.2 Å². The van der Waals surface area contributed by atoms with E-state index < -0.39 is 18.6 Å². The van der Waals surface area contributed by atoms with Crippen LogP contribution in [0.2, 0.25) is 0 Å². The van der Waals surface area contributed by atoms with Gasteiger partial charge in [-0.05, 0) is 25.1 Å². The van der Waals surface area contributed by atoms with E-state index in [1.54, 1.807) is 13.0 Å². The molecule has 0 amide bonds. The van der Waals surface area contributed by atoms with Crippen molar-refractivity contribution in [2.24, 2.45) is 0 Å². The largest absolute Gasteiger partial charge is 0.454 e. The highest BCUT2D eigenvalue weighted by atomic mass is 19.4. The minimum Gasteiger partial charge on any atom is -0.454 e. The van der Waals surface area contributed by atoms with E-state index in [-0.39, 0.29) is 6.79 Å². The Hall–Kier alpha value is -2.22. The Balaban J connectivity index is 1.59. The Bertz CT molecular complexity index is 788. The lowest BCUT2D eigenvalue weighted by atomic mass is 9.99. The summed E-state index contributed by atoms with van der Waals surface area (Å²) in [5.41, 5.74) is 2.30. The van der Waals surface area contributed by atoms with Crippen LogP contribution >= 0.6 is 0 Å². The van der Waals surface area contributed by atoms with Gasteiger partial charge < -0.3 is 14.0 Å². The molecule has 8 heteroatoms. The van der Waals surface area contributed by atoms with Crippen molar-refractivity contribution < 1.29 is 27.2 Å². The normalized spacial score (nSPS) is 18.2. The van der Waals surface area contributed by atoms with Crippen molar-refractivity contribution in [2.45, 2.75) is 38.5 Å². The number of fused-ring (bicyclic) bond motifs is 2. The molecule has 3 heterocycles. The van der Waals surface area contributed by atoms with Gasteiger partial charge in [-0.25, -0.2) is 0 Å². The first-order valence-corrected chi connectivity index (χ1v) is 8.09. The Morgan fingerprint density at radius 2 is 2.04 bits per heavy atom. The standard InChI is InChI=1S/C17H17F3N2O3/c1-10(7-17(18,19)20)22-5-4-13-12(8-22)16(21-25-13)11-2-3-14-15(6-11)24-9-23-14/h2-3,6,10H,4-5,7-9H2,1H3/t10-/m1/s1. The summed E-state index contributed by atoms with van der Waals surface area (Å²) >= 11 is 0. The van der Waals surface area contributed by atoms with E-state index in [1.807, 2.05) is 17.0 Å². The van der Waals surface area contributed by atoms with E-state index in [0.717, 1.165) is 16.9 Å². The second kappa shape index (κ2) is 5.94. The second-order valence-corrected chi connectivity index (χ2v) is 6.39. The second-order valence-electron chi connectivity index (χ2n) is 6.39. The summed E-state index contributed by atoms with van der Waals surface area (Å²) in [4.78, 5) is 1.82. The number of nitrogens with zero attached hydrogens (tertiary/aromatic N) is 2. The van der Waals surface area contributed by atoms with E-state index in [2.05, 4.69) is 5.16 Å². The number of ether oxygens (including phenoxy) is 2. The fourth-order valence-corrected chi connectivity index (χ4v) is 3.34. The van der Waals surface area contributed by atoms with E-state index in [4.69, 9.17) is 14.0 Å². The number of rotatable bonds is 3. The molecule has 1 aromatic carbocycles. The predicted octanol–water partition coefficient (Wildman–Crippen LogP) is 3.77. The number of halogens is 3. The summed E-state index contributed by atoms with van der Waals surface area (Å²) in [6, 6.07) is 4.88. The molecule has 2 aromatic rings. The van der Waals surface area contributed by atoms with Crippen LogP contribution in [0.3, 0.4) is 0 Å². The van der Waals surface area contributed by atoms with Gasteiger partial charge in [0.25, 0.3) is 0 Å². The van der Waals surface area contributed by atoms with Crippen molar-refractivity contribution in [1.29, 1.82) is 0 Å². The van der Waals surface area contributed by atoms with Gasteiger partial charge in [0.15, 0.2) is 11.5 Å². The van der Waals surface area contributed by atoms with Gasteiger partial charge in [-0.2, -0.15) is 13.2 Å². The summed E-state index contributed by atoms with van der Waals surface area (Å²) in [7, 11) is 0. The van der Waals surface area contributed by atoms with Crippen molar-refractivity contribution in [3.63, 3.8) is 0 Å². The van der Waals surface area contributed by atoms with Crippen molar-refractivity contribution >= 4 is 0 Å². The molecule has 0 bridgehead atoms. The first-order valence-electron chi connectivity index (χ1n) is 8.09. The monoisotopic (exact) mass is 354 g/mol. The van der Waals surface area contributed by atoms with Gasteiger partial charge in [-0.3, -0.25) is 4.90 Å². The minimum absolute atomic E-state index is 0.179. The molecule has 0 saturated heterocycles. The van der Waals surface area contributed by atoms with Crippen LogP contribution in [0.25, 0.3) is 11.3 Å². The molecule has 2 aliphatic heterocycles. The van der Waals surface area contributed by atoms with Crippen LogP contribution in [0.5, 0.6) is 11.5 Å². The molecule has 134 valence electrons. The van der Waals surface area contributed by atoms with Gasteiger partial charge in [0.1, 0.15) is 11.5 Å². The van der Waals surface area contributed by atoms with E-state index >= 15 is 0 Å². The predicted molar refractivity (Wildman–Crippen MR) is 82.3 cm³/mol. The zero-order valence-electron chi connectivity index (χ0n) is 13.6. The SMILES string of the molecule is C[C@H](CC(F)(F)F)N1CCc2onc(-c3ccc4c(c3)OCO4)c2C1. The molecule has 0 aliphatic carbocycles. The number of aromatic nitrogens is 1. The third-order valence-corrected chi connectivity index (χ3v) is 4.65. The van der Waals surface area contributed by atoms with Gasteiger partial charge in [-0.1, -0.05) is 5.16 Å². The zero-order valence-corrected chi connectivity index (χ0v) is 13.6. The van der Waals surface area contributed by atoms with Crippen LogP contribution in [0, 0.1) is 0 Å². The molecule has 1 aromatic heterocycles. The maximum Gasteiger partial charge on any atom is 0.390 e. The number of alkyl halides is 3. The maximum absolute atomic E-state index is 12.7. The molecule has 1 atom stereocenters. The van der Waals surface area contributed by atoms with Crippen LogP contribution in [-0.4, -0.2) is 35.6 Å². The van der Waals surface area contributed by atoms with Crippen LogP contribution in [0.15, 0.2) is 22.7 Å². The fourth-order valence-electron chi connectivity index (χ4n) is 3.34. The highest BCUT2D eigenvalue weighted by Crippen LogP contribution is 2.38. The smallest absolute Gasteiger partial charge is 0.390 e. The number of hydrogen-bond acceptors (Lipinski definition) is 5. The van der Waals surface area contributed by atoms with E-state index in [9.17, 15) is 13.2 Å². The molecule has 4 rings (SSSR count). The Morgan fingerprint density at radius 3 is 2.84 bits per heavy atom. The minimum atomic E-state index is -4.17. The van der Waals surface area contributed by atoms with Crippen LogP contribution < -0.4 is 9.47 Å². The summed E-state index contributed by atoms with van der Waals surface area (Å²) < 4.78 is 54.2. The van der Waals surface area contributed by atoms with Crippen molar-refractivity contribution in [3.05, 3.63) is 29.5 Å². The molecule has 0 unspecified atom stereocenters. The molecule has 25 heavy (non-hydrogen) atoms. The molecule has 0 N–H and O–H groups in total. The van der Waals surface area contributed by atoms with Gasteiger partial charge >= 0.3 is 6.18 Å². The lowest BCUT2D eigenvalue weighted by Crippen LogP contribution is -2.39. The fraction of sp³-hybridized carbons (Fsp3) is 0.471. The molecule has 0 fully saturated rings. The zero-order chi connectivity index (χ0) is 17.6. The average molecular weight is 354 g/mol. The van der Waals surface area contributed by atoms with Gasteiger partial charge in [0.05, 0.1) is 6.42 Å². The van der Waals surface area contributed by atoms with E-state index in [0.29, 0.717) is 36.7 Å². The summed E-state index contributed by atoms with van der Waals surface area (Å²) in [6.07, 6.45) is -4.45. The number of hydrogen-bond donors (Lipinski definition) is 0. The summed E-state index contributed by atoms with van der Waals surface area (Å²) in [5, 5.41) is 4.14. The third-order valence-electron chi connectivity index (χ3n) is 4.65. The summed E-state index contributed by atoms with van der Waals surface area (Å²) in [5.74, 6) is 2.04. The van der Waals surface area contributed by atoms with Gasteiger partial charge in [0, 0.05) is 36.7 Å². The van der Waals surface area contributed by atoms with Gasteiger partial charge in [-0.15, -0.1) is 0 Å². The first-order chi connectivity index (χ1) is 11.9.